The zero-order valence-electron chi connectivity index (χ0n) is 16.9. The van der Waals surface area contributed by atoms with Gasteiger partial charge in [0.2, 0.25) is 0 Å². The number of nitrogens with zero attached hydrogens (tertiary/aromatic N) is 5. The summed E-state index contributed by atoms with van der Waals surface area (Å²) in [6.07, 6.45) is 4.47. The molecule has 0 unspecified atom stereocenters. The predicted molar refractivity (Wildman–Crippen MR) is 114 cm³/mol. The van der Waals surface area contributed by atoms with E-state index in [1.165, 1.54) is 12.1 Å². The fourth-order valence-corrected chi connectivity index (χ4v) is 4.76. The third-order valence-electron chi connectivity index (χ3n) is 6.24. The standard InChI is InChI=1S/C23H20F2N6/c1-13-8-20(30-12-15-10-17(30)11-27-15)28-23-21(13)29-22(18-3-2-14(24)9-19(18)25)31(23)16-4-6-26-7-5-16/h2-9,15,17,27H,10-12H2,1H3/t15-,17-/m0/s1. The second-order valence-electron chi connectivity index (χ2n) is 8.22. The Hall–Kier alpha value is -3.39. The smallest absolute Gasteiger partial charge is 0.167 e. The first-order chi connectivity index (χ1) is 15.1. The number of rotatable bonds is 3. The Morgan fingerprint density at radius 2 is 1.90 bits per heavy atom. The van der Waals surface area contributed by atoms with Gasteiger partial charge >= 0.3 is 0 Å². The number of benzene rings is 1. The van der Waals surface area contributed by atoms with E-state index < -0.39 is 11.6 Å². The van der Waals surface area contributed by atoms with Gasteiger partial charge in [0.1, 0.15) is 28.8 Å². The highest BCUT2D eigenvalue weighted by atomic mass is 19.1. The number of aromatic nitrogens is 4. The van der Waals surface area contributed by atoms with E-state index in [2.05, 4.69) is 21.3 Å². The second kappa shape index (κ2) is 6.81. The third kappa shape index (κ3) is 2.90. The van der Waals surface area contributed by atoms with Crippen LogP contribution < -0.4 is 10.2 Å². The van der Waals surface area contributed by atoms with Crippen LogP contribution in [0.1, 0.15) is 12.0 Å². The molecule has 2 saturated heterocycles. The Balaban J connectivity index is 1.61. The molecule has 6 nitrogen and oxygen atoms in total. The molecule has 8 heteroatoms. The molecule has 1 aromatic carbocycles. The highest BCUT2D eigenvalue weighted by Gasteiger charge is 2.38. The van der Waals surface area contributed by atoms with Crippen LogP contribution in [0.4, 0.5) is 14.6 Å². The van der Waals surface area contributed by atoms with E-state index in [0.29, 0.717) is 29.1 Å². The molecule has 1 N–H and O–H groups in total. The van der Waals surface area contributed by atoms with Crippen molar-refractivity contribution in [2.45, 2.75) is 25.4 Å². The molecule has 6 rings (SSSR count). The summed E-state index contributed by atoms with van der Waals surface area (Å²) in [5.74, 6) is 0.00455. The molecule has 3 aromatic heterocycles. The number of aryl methyl sites for hydroxylation is 1. The summed E-state index contributed by atoms with van der Waals surface area (Å²) < 4.78 is 30.1. The number of hydrogen-bond acceptors (Lipinski definition) is 5. The molecule has 156 valence electrons. The lowest BCUT2D eigenvalue weighted by molar-refractivity contribution is 0.576. The Morgan fingerprint density at radius 1 is 1.06 bits per heavy atom. The number of nitrogens with one attached hydrogen (secondary N) is 1. The number of anilines is 1. The van der Waals surface area contributed by atoms with Crippen LogP contribution in [0.5, 0.6) is 0 Å². The SMILES string of the molecule is Cc1cc(N2C[C@@H]3C[C@H]2CN3)nc2c1nc(-c1ccc(F)cc1F)n2-c1ccncc1. The summed E-state index contributed by atoms with van der Waals surface area (Å²) in [6.45, 7) is 3.87. The van der Waals surface area contributed by atoms with Crippen molar-refractivity contribution >= 4 is 17.0 Å². The molecule has 0 radical (unpaired) electrons. The van der Waals surface area contributed by atoms with E-state index in [9.17, 15) is 8.78 Å². The molecule has 0 spiro atoms. The zero-order chi connectivity index (χ0) is 21.1. The van der Waals surface area contributed by atoms with Crippen molar-refractivity contribution in [1.29, 1.82) is 0 Å². The Morgan fingerprint density at radius 3 is 2.61 bits per heavy atom. The summed E-state index contributed by atoms with van der Waals surface area (Å²) in [5, 5.41) is 3.51. The van der Waals surface area contributed by atoms with Crippen LogP contribution in [0.15, 0.2) is 48.8 Å². The average Bonchev–Trinajstić information content (AvgIpc) is 3.48. The molecule has 2 aliphatic rings. The maximum Gasteiger partial charge on any atom is 0.167 e. The first-order valence-electron chi connectivity index (χ1n) is 10.3. The number of imidazole rings is 1. The number of fused-ring (bicyclic) bond motifs is 3. The fourth-order valence-electron chi connectivity index (χ4n) is 4.76. The predicted octanol–water partition coefficient (Wildman–Crippen LogP) is 3.62. The highest BCUT2D eigenvalue weighted by molar-refractivity contribution is 5.84. The molecule has 2 bridgehead atoms. The highest BCUT2D eigenvalue weighted by Crippen LogP contribution is 2.34. The maximum atomic E-state index is 14.7. The normalized spacial score (nSPS) is 20.2. The molecule has 2 fully saturated rings. The van der Waals surface area contributed by atoms with Gasteiger partial charge in [-0.05, 0) is 49.2 Å². The summed E-state index contributed by atoms with van der Waals surface area (Å²) in [7, 11) is 0. The molecule has 31 heavy (non-hydrogen) atoms. The van der Waals surface area contributed by atoms with E-state index in [0.717, 1.165) is 42.6 Å². The van der Waals surface area contributed by atoms with Crippen molar-refractivity contribution in [2.24, 2.45) is 0 Å². The van der Waals surface area contributed by atoms with Gasteiger partial charge in [-0.1, -0.05) is 0 Å². The molecule has 0 amide bonds. The van der Waals surface area contributed by atoms with Gasteiger partial charge < -0.3 is 10.2 Å². The van der Waals surface area contributed by atoms with Crippen molar-refractivity contribution in [3.8, 4) is 17.1 Å². The first kappa shape index (κ1) is 18.4. The Labute approximate surface area is 177 Å². The van der Waals surface area contributed by atoms with Crippen LogP contribution in [0, 0.1) is 18.6 Å². The van der Waals surface area contributed by atoms with E-state index in [-0.39, 0.29) is 5.56 Å². The minimum absolute atomic E-state index is 0.224. The second-order valence-corrected chi connectivity index (χ2v) is 8.22. The third-order valence-corrected chi connectivity index (χ3v) is 6.24. The van der Waals surface area contributed by atoms with Gasteiger partial charge in [-0.25, -0.2) is 18.7 Å². The summed E-state index contributed by atoms with van der Waals surface area (Å²) in [5.41, 5.74) is 3.30. The van der Waals surface area contributed by atoms with Crippen LogP contribution in [0.25, 0.3) is 28.2 Å². The van der Waals surface area contributed by atoms with E-state index in [1.807, 2.05) is 23.6 Å². The van der Waals surface area contributed by atoms with Crippen molar-refractivity contribution in [3.63, 3.8) is 0 Å². The topological polar surface area (TPSA) is 58.9 Å². The molecule has 5 heterocycles. The minimum Gasteiger partial charge on any atom is -0.351 e. The lowest BCUT2D eigenvalue weighted by Gasteiger charge is -2.28. The summed E-state index contributed by atoms with van der Waals surface area (Å²) in [4.78, 5) is 16.2. The molecule has 0 saturated carbocycles. The van der Waals surface area contributed by atoms with E-state index in [1.54, 1.807) is 12.4 Å². The monoisotopic (exact) mass is 418 g/mol. The van der Waals surface area contributed by atoms with Gasteiger partial charge in [0.15, 0.2) is 5.65 Å². The summed E-state index contributed by atoms with van der Waals surface area (Å²) >= 11 is 0. The van der Waals surface area contributed by atoms with Crippen LogP contribution in [-0.4, -0.2) is 44.7 Å². The number of hydrogen-bond donors (Lipinski definition) is 1. The van der Waals surface area contributed by atoms with Crippen LogP contribution in [0.2, 0.25) is 0 Å². The Kier molecular flexibility index (Phi) is 4.04. The fraction of sp³-hybridized carbons (Fsp3) is 0.261. The maximum absolute atomic E-state index is 14.7. The summed E-state index contributed by atoms with van der Waals surface area (Å²) in [6, 6.07) is 10.2. The number of pyridine rings is 2. The average molecular weight is 418 g/mol. The molecule has 2 aliphatic heterocycles. The van der Waals surface area contributed by atoms with Gasteiger partial charge in [0.25, 0.3) is 0 Å². The van der Waals surface area contributed by atoms with Crippen LogP contribution >= 0.6 is 0 Å². The number of piperazine rings is 1. The minimum atomic E-state index is -0.661. The van der Waals surface area contributed by atoms with Crippen molar-refractivity contribution in [1.82, 2.24) is 24.8 Å². The zero-order valence-corrected chi connectivity index (χ0v) is 16.9. The van der Waals surface area contributed by atoms with Crippen molar-refractivity contribution in [3.05, 3.63) is 66.0 Å². The lowest BCUT2D eigenvalue weighted by atomic mass is 10.2. The van der Waals surface area contributed by atoms with Crippen molar-refractivity contribution < 1.29 is 8.78 Å². The van der Waals surface area contributed by atoms with Gasteiger partial charge in [0, 0.05) is 43.6 Å². The molecule has 0 aliphatic carbocycles. The lowest BCUT2D eigenvalue weighted by Crippen LogP contribution is -2.44. The largest absolute Gasteiger partial charge is 0.351 e. The quantitative estimate of drug-likeness (QED) is 0.551. The first-order valence-corrected chi connectivity index (χ1v) is 10.3. The van der Waals surface area contributed by atoms with Crippen LogP contribution in [0.3, 0.4) is 0 Å². The molecule has 4 aromatic rings. The Bertz CT molecular complexity index is 1300. The van der Waals surface area contributed by atoms with E-state index >= 15 is 0 Å². The molecular weight excluding hydrogens is 398 g/mol. The van der Waals surface area contributed by atoms with Gasteiger partial charge in [-0.3, -0.25) is 9.55 Å². The van der Waals surface area contributed by atoms with Gasteiger partial charge in [-0.2, -0.15) is 0 Å². The molecule has 2 atom stereocenters. The molecular formula is C23H20F2N6. The van der Waals surface area contributed by atoms with Gasteiger partial charge in [-0.15, -0.1) is 0 Å². The van der Waals surface area contributed by atoms with Gasteiger partial charge in [0.05, 0.1) is 11.3 Å². The number of halogens is 2. The van der Waals surface area contributed by atoms with Crippen molar-refractivity contribution in [2.75, 3.05) is 18.0 Å². The van der Waals surface area contributed by atoms with Crippen LogP contribution in [-0.2, 0) is 0 Å². The van der Waals surface area contributed by atoms with E-state index in [4.69, 9.17) is 9.97 Å².